The number of benzene rings is 1. The molecule has 1 aromatic heterocycles. The Morgan fingerprint density at radius 1 is 1.10 bits per heavy atom. The first-order chi connectivity index (χ1) is 9.72. The van der Waals surface area contributed by atoms with E-state index in [2.05, 4.69) is 28.9 Å². The quantitative estimate of drug-likeness (QED) is 0.859. The van der Waals surface area contributed by atoms with Crippen LogP contribution in [0.3, 0.4) is 0 Å². The van der Waals surface area contributed by atoms with E-state index < -0.39 is 6.10 Å². The summed E-state index contributed by atoms with van der Waals surface area (Å²) in [4.78, 5) is 6.61. The van der Waals surface area contributed by atoms with Crippen LogP contribution in [0.1, 0.15) is 38.5 Å². The standard InChI is InChI=1S/C17H22N2O/c1-3-4-12-19(15-8-6-5-7-9-15)16-10-11-17(14(2)20)18-13-16/h5-11,13-14,20H,3-4,12H2,1-2H3. The number of hydrogen-bond donors (Lipinski definition) is 1. The Balaban J connectivity index is 2.26. The number of rotatable bonds is 6. The highest BCUT2D eigenvalue weighted by Crippen LogP contribution is 2.25. The van der Waals surface area contributed by atoms with Gasteiger partial charge in [-0.2, -0.15) is 0 Å². The number of hydrogen-bond acceptors (Lipinski definition) is 3. The summed E-state index contributed by atoms with van der Waals surface area (Å²) in [5, 5.41) is 9.54. The summed E-state index contributed by atoms with van der Waals surface area (Å²) in [6, 6.07) is 14.3. The third-order valence-corrected chi connectivity index (χ3v) is 3.31. The first kappa shape index (κ1) is 14.5. The van der Waals surface area contributed by atoms with Crippen LogP contribution in [0.25, 0.3) is 0 Å². The summed E-state index contributed by atoms with van der Waals surface area (Å²) >= 11 is 0. The lowest BCUT2D eigenvalue weighted by Gasteiger charge is -2.24. The van der Waals surface area contributed by atoms with Gasteiger partial charge in [0.2, 0.25) is 0 Å². The molecular formula is C17H22N2O. The minimum Gasteiger partial charge on any atom is -0.387 e. The second-order valence-corrected chi connectivity index (χ2v) is 4.96. The highest BCUT2D eigenvalue weighted by molar-refractivity contribution is 5.62. The molecule has 1 atom stereocenters. The van der Waals surface area contributed by atoms with Gasteiger partial charge in [0.1, 0.15) is 0 Å². The van der Waals surface area contributed by atoms with Gasteiger partial charge in [-0.15, -0.1) is 0 Å². The minimum absolute atomic E-state index is 0.523. The summed E-state index contributed by atoms with van der Waals surface area (Å²) in [7, 11) is 0. The minimum atomic E-state index is -0.523. The largest absolute Gasteiger partial charge is 0.387 e. The van der Waals surface area contributed by atoms with Crippen LogP contribution in [-0.2, 0) is 0 Å². The highest BCUT2D eigenvalue weighted by Gasteiger charge is 2.10. The number of pyridine rings is 1. The molecule has 0 radical (unpaired) electrons. The van der Waals surface area contributed by atoms with Crippen LogP contribution in [0.5, 0.6) is 0 Å². The van der Waals surface area contributed by atoms with E-state index in [9.17, 15) is 5.11 Å². The van der Waals surface area contributed by atoms with Crippen molar-refractivity contribution in [3.63, 3.8) is 0 Å². The van der Waals surface area contributed by atoms with Crippen molar-refractivity contribution in [3.8, 4) is 0 Å². The monoisotopic (exact) mass is 270 g/mol. The molecule has 0 saturated carbocycles. The smallest absolute Gasteiger partial charge is 0.0931 e. The van der Waals surface area contributed by atoms with Gasteiger partial charge in [-0.05, 0) is 37.6 Å². The number of nitrogens with zero attached hydrogens (tertiary/aromatic N) is 2. The zero-order valence-electron chi connectivity index (χ0n) is 12.2. The van der Waals surface area contributed by atoms with E-state index in [1.165, 1.54) is 5.69 Å². The maximum Gasteiger partial charge on any atom is 0.0931 e. The van der Waals surface area contributed by atoms with Crippen molar-refractivity contribution in [2.75, 3.05) is 11.4 Å². The summed E-state index contributed by atoms with van der Waals surface area (Å²) in [5.74, 6) is 0. The Hall–Kier alpha value is -1.87. The third-order valence-electron chi connectivity index (χ3n) is 3.31. The normalized spacial score (nSPS) is 12.2. The van der Waals surface area contributed by atoms with Gasteiger partial charge in [0.15, 0.2) is 0 Å². The van der Waals surface area contributed by atoms with Gasteiger partial charge < -0.3 is 10.0 Å². The first-order valence-corrected chi connectivity index (χ1v) is 7.19. The summed E-state index contributed by atoms with van der Waals surface area (Å²) < 4.78 is 0. The molecule has 0 spiro atoms. The van der Waals surface area contributed by atoms with E-state index in [1.807, 2.05) is 36.5 Å². The van der Waals surface area contributed by atoms with E-state index in [0.717, 1.165) is 25.1 Å². The molecule has 0 saturated heterocycles. The molecule has 1 aromatic carbocycles. The fourth-order valence-corrected chi connectivity index (χ4v) is 2.14. The van der Waals surface area contributed by atoms with Crippen molar-refractivity contribution in [1.82, 2.24) is 4.98 Å². The average Bonchev–Trinajstić information content (AvgIpc) is 2.49. The van der Waals surface area contributed by atoms with Crippen molar-refractivity contribution >= 4 is 11.4 Å². The van der Waals surface area contributed by atoms with Crippen molar-refractivity contribution in [2.45, 2.75) is 32.8 Å². The van der Waals surface area contributed by atoms with E-state index in [4.69, 9.17) is 0 Å². The lowest BCUT2D eigenvalue weighted by molar-refractivity contribution is 0.194. The molecule has 0 bridgehead atoms. The number of para-hydroxylation sites is 1. The Morgan fingerprint density at radius 3 is 2.40 bits per heavy atom. The number of anilines is 2. The van der Waals surface area contributed by atoms with Crippen LogP contribution in [0.4, 0.5) is 11.4 Å². The average molecular weight is 270 g/mol. The van der Waals surface area contributed by atoms with Gasteiger partial charge in [-0.25, -0.2) is 0 Å². The first-order valence-electron chi connectivity index (χ1n) is 7.19. The maximum absolute atomic E-state index is 9.54. The molecule has 20 heavy (non-hydrogen) atoms. The van der Waals surface area contributed by atoms with E-state index in [-0.39, 0.29) is 0 Å². The van der Waals surface area contributed by atoms with Crippen LogP contribution in [0.15, 0.2) is 48.7 Å². The molecule has 2 aromatic rings. The maximum atomic E-state index is 9.54. The molecular weight excluding hydrogens is 248 g/mol. The molecule has 0 aliphatic rings. The molecule has 0 aliphatic carbocycles. The van der Waals surface area contributed by atoms with Crippen LogP contribution in [0, 0.1) is 0 Å². The topological polar surface area (TPSA) is 36.4 Å². The SMILES string of the molecule is CCCCN(c1ccccc1)c1ccc(C(C)O)nc1. The Bertz CT molecular complexity index is 508. The van der Waals surface area contributed by atoms with E-state index in [0.29, 0.717) is 5.69 Å². The van der Waals surface area contributed by atoms with Crippen molar-refractivity contribution in [1.29, 1.82) is 0 Å². The number of unbranched alkanes of at least 4 members (excludes halogenated alkanes) is 1. The number of aromatic nitrogens is 1. The van der Waals surface area contributed by atoms with Crippen molar-refractivity contribution in [2.24, 2.45) is 0 Å². The van der Waals surface area contributed by atoms with Gasteiger partial charge >= 0.3 is 0 Å². The lowest BCUT2D eigenvalue weighted by Crippen LogP contribution is -2.18. The molecule has 0 aliphatic heterocycles. The lowest BCUT2D eigenvalue weighted by atomic mass is 10.2. The summed E-state index contributed by atoms with van der Waals surface area (Å²) in [5.41, 5.74) is 2.94. The van der Waals surface area contributed by atoms with Crippen molar-refractivity contribution in [3.05, 3.63) is 54.4 Å². The zero-order valence-corrected chi connectivity index (χ0v) is 12.2. The van der Waals surface area contributed by atoms with Gasteiger partial charge in [-0.3, -0.25) is 4.98 Å². The van der Waals surface area contributed by atoms with Crippen LogP contribution in [0.2, 0.25) is 0 Å². The van der Waals surface area contributed by atoms with E-state index in [1.54, 1.807) is 6.92 Å². The Labute approximate surface area is 120 Å². The van der Waals surface area contributed by atoms with Gasteiger partial charge in [0.25, 0.3) is 0 Å². The summed E-state index contributed by atoms with van der Waals surface area (Å²) in [6.07, 6.45) is 3.60. The van der Waals surface area contributed by atoms with Gasteiger partial charge in [0.05, 0.1) is 23.7 Å². The second-order valence-electron chi connectivity index (χ2n) is 4.96. The summed E-state index contributed by atoms with van der Waals surface area (Å²) in [6.45, 7) is 4.89. The molecule has 3 nitrogen and oxygen atoms in total. The fraction of sp³-hybridized carbons (Fsp3) is 0.353. The highest BCUT2D eigenvalue weighted by atomic mass is 16.3. The van der Waals surface area contributed by atoms with Crippen LogP contribution < -0.4 is 4.90 Å². The Morgan fingerprint density at radius 2 is 1.85 bits per heavy atom. The number of aliphatic hydroxyl groups excluding tert-OH is 1. The second kappa shape index (κ2) is 7.06. The molecule has 106 valence electrons. The molecule has 1 N–H and O–H groups in total. The Kier molecular flexibility index (Phi) is 5.13. The van der Waals surface area contributed by atoms with Crippen LogP contribution >= 0.6 is 0 Å². The van der Waals surface area contributed by atoms with E-state index >= 15 is 0 Å². The third kappa shape index (κ3) is 3.58. The predicted molar refractivity (Wildman–Crippen MR) is 83.2 cm³/mol. The number of aliphatic hydroxyl groups is 1. The zero-order chi connectivity index (χ0) is 14.4. The van der Waals surface area contributed by atoms with Crippen LogP contribution in [-0.4, -0.2) is 16.6 Å². The molecule has 1 unspecified atom stereocenters. The van der Waals surface area contributed by atoms with Gasteiger partial charge in [-0.1, -0.05) is 31.5 Å². The van der Waals surface area contributed by atoms with Gasteiger partial charge in [0, 0.05) is 12.2 Å². The molecule has 1 heterocycles. The predicted octanol–water partition coefficient (Wildman–Crippen LogP) is 4.07. The fourth-order valence-electron chi connectivity index (χ4n) is 2.14. The van der Waals surface area contributed by atoms with Crippen molar-refractivity contribution < 1.29 is 5.11 Å². The molecule has 3 heteroatoms. The molecule has 0 amide bonds. The molecule has 2 rings (SSSR count). The molecule has 0 fully saturated rings.